The maximum atomic E-state index is 13.3. The first-order valence-corrected chi connectivity index (χ1v) is 47.5. The maximum absolute atomic E-state index is 13.3. The average molecular weight is 1620 g/mol. The van der Waals surface area contributed by atoms with Crippen LogP contribution < -0.4 is 0 Å². The summed E-state index contributed by atoms with van der Waals surface area (Å²) in [7, 11) is 1.70. The molecule has 18 heteroatoms. The largest absolute Gasteiger partial charge is 0.390 e. The summed E-state index contributed by atoms with van der Waals surface area (Å²) in [6.07, 6.45) is 62.7. The van der Waals surface area contributed by atoms with E-state index < -0.39 is 29.1 Å². The molecule has 0 unspecified atom stereocenters. The topological polar surface area (TPSA) is 213 Å². The maximum Gasteiger partial charge on any atom is 0.129 e. The van der Waals surface area contributed by atoms with Gasteiger partial charge in [-0.3, -0.25) is 0 Å². The van der Waals surface area contributed by atoms with Crippen LogP contribution in [0.4, 0.5) is 4.39 Å². The number of rotatable bonds is 15. The van der Waals surface area contributed by atoms with Crippen LogP contribution in [0.25, 0.3) is 0 Å². The molecule has 119 heavy (non-hydrogen) atoms. The van der Waals surface area contributed by atoms with E-state index in [1.54, 1.807) is 81.4 Å². The van der Waals surface area contributed by atoms with E-state index in [0.717, 1.165) is 167 Å². The lowest BCUT2D eigenvalue weighted by Gasteiger charge is -2.54. The minimum atomic E-state index is -1.10. The molecule has 21 rings (SSSR count). The highest BCUT2D eigenvalue weighted by Crippen LogP contribution is 2.70. The Hall–Kier alpha value is -6.23. The lowest BCUT2D eigenvalue weighted by Crippen LogP contribution is -2.48. The zero-order chi connectivity index (χ0) is 82.6. The summed E-state index contributed by atoms with van der Waals surface area (Å²) >= 11 is 0. The van der Waals surface area contributed by atoms with Crippen molar-refractivity contribution >= 4 is 0 Å². The molecule has 17 nitrogen and oxygen atoms in total. The third-order valence-electron chi connectivity index (χ3n) is 37.4. The van der Waals surface area contributed by atoms with Crippen molar-refractivity contribution < 1.29 is 29.6 Å². The molecule has 0 amide bonds. The Balaban J connectivity index is 0.000000109. The molecule has 17 aliphatic carbocycles. The van der Waals surface area contributed by atoms with Gasteiger partial charge in [0, 0.05) is 19.4 Å². The van der Waals surface area contributed by atoms with Crippen molar-refractivity contribution in [3.8, 4) is 11.8 Å². The molecular weight excluding hydrogens is 1480 g/mol. The average Bonchev–Trinajstić information content (AvgIpc) is 1.63. The molecule has 4 aromatic heterocycles. The third kappa shape index (κ3) is 16.0. The lowest BCUT2D eigenvalue weighted by molar-refractivity contribution is -0.0676. The molecule has 28 atom stereocenters. The molecule has 17 aliphatic rings. The van der Waals surface area contributed by atoms with Crippen molar-refractivity contribution in [3.63, 3.8) is 0 Å². The van der Waals surface area contributed by atoms with Crippen LogP contribution in [-0.4, -0.2) is 123 Å². The van der Waals surface area contributed by atoms with Gasteiger partial charge in [-0.05, 0) is 359 Å². The summed E-state index contributed by atoms with van der Waals surface area (Å²) in [5.41, 5.74) is 9.64. The van der Waals surface area contributed by atoms with Crippen LogP contribution in [0.1, 0.15) is 253 Å². The zero-order valence-corrected chi connectivity index (χ0v) is 73.1. The van der Waals surface area contributed by atoms with E-state index in [2.05, 4.69) is 131 Å². The molecule has 0 aromatic carbocycles. The van der Waals surface area contributed by atoms with Gasteiger partial charge < -0.3 is 25.2 Å². The van der Waals surface area contributed by atoms with E-state index in [0.29, 0.717) is 88.5 Å². The lowest BCUT2D eigenvalue weighted by atomic mass is 9.51. The molecule has 0 saturated heterocycles. The van der Waals surface area contributed by atoms with E-state index >= 15 is 0 Å². The molecule has 0 radical (unpaired) electrons. The Kier molecular flexibility index (Phi) is 23.2. The van der Waals surface area contributed by atoms with Crippen molar-refractivity contribution in [2.75, 3.05) is 20.4 Å². The van der Waals surface area contributed by atoms with Gasteiger partial charge in [-0.25, -0.2) is 4.39 Å². The Morgan fingerprint density at radius 2 is 0.681 bits per heavy atom. The molecule has 4 aromatic rings. The first-order chi connectivity index (χ1) is 57.2. The number of fused-ring (bicyclic) bond motifs is 20. The normalized spacial score (nSPS) is 43.5. The number of aromatic nitrogens is 12. The van der Waals surface area contributed by atoms with E-state index in [9.17, 15) is 24.8 Å². The number of halogens is 1. The van der Waals surface area contributed by atoms with Gasteiger partial charge in [0.2, 0.25) is 0 Å². The molecule has 644 valence electrons. The smallest absolute Gasteiger partial charge is 0.129 e. The Morgan fingerprint density at radius 3 is 1.01 bits per heavy atom. The van der Waals surface area contributed by atoms with Crippen molar-refractivity contribution in [1.29, 1.82) is 0 Å². The molecule has 13 saturated carbocycles. The van der Waals surface area contributed by atoms with Crippen LogP contribution in [0.15, 0.2) is 145 Å². The number of ether oxygens (including phenoxy) is 1. The molecule has 4 N–H and O–H groups in total. The number of hydrogen-bond acceptors (Lipinski definition) is 13. The number of allylic oxidation sites excluding steroid dienone is 8. The van der Waals surface area contributed by atoms with Crippen molar-refractivity contribution in [2.45, 2.75) is 302 Å². The van der Waals surface area contributed by atoms with Crippen LogP contribution in [0.3, 0.4) is 0 Å². The van der Waals surface area contributed by atoms with Crippen LogP contribution in [-0.2, 0) is 30.9 Å². The minimum absolute atomic E-state index is 0.324. The van der Waals surface area contributed by atoms with Gasteiger partial charge >= 0.3 is 0 Å². The summed E-state index contributed by atoms with van der Waals surface area (Å²) < 4.78 is 18.7. The van der Waals surface area contributed by atoms with E-state index in [1.807, 2.05) is 6.92 Å². The summed E-state index contributed by atoms with van der Waals surface area (Å²) in [6, 6.07) is 0. The van der Waals surface area contributed by atoms with Crippen molar-refractivity contribution in [2.24, 2.45) is 146 Å². The predicted octanol–water partition coefficient (Wildman–Crippen LogP) is 19.1. The van der Waals surface area contributed by atoms with Gasteiger partial charge in [-0.1, -0.05) is 135 Å². The highest BCUT2D eigenvalue weighted by atomic mass is 19.1. The molecular formula is C101H143FN12O5. The third-order valence-corrected chi connectivity index (χ3v) is 37.4. The van der Waals surface area contributed by atoms with Crippen molar-refractivity contribution in [3.05, 3.63) is 145 Å². The van der Waals surface area contributed by atoms with Gasteiger partial charge in [0.1, 0.15) is 12.3 Å². The van der Waals surface area contributed by atoms with E-state index in [4.69, 9.17) is 4.74 Å². The Labute approximate surface area is 710 Å². The fraction of sp³-hybridized carbons (Fsp3) is 0.743. The molecule has 0 aliphatic heterocycles. The van der Waals surface area contributed by atoms with Crippen LogP contribution in [0.2, 0.25) is 0 Å². The summed E-state index contributed by atoms with van der Waals surface area (Å²) in [6.45, 7) is 33.0. The minimum Gasteiger partial charge on any atom is -0.390 e. The van der Waals surface area contributed by atoms with Gasteiger partial charge in [0.25, 0.3) is 0 Å². The van der Waals surface area contributed by atoms with E-state index in [1.165, 1.54) is 180 Å². The summed E-state index contributed by atoms with van der Waals surface area (Å²) in [5, 5.41) is 77.4. The first kappa shape index (κ1) is 83.7. The fourth-order valence-electron chi connectivity index (χ4n) is 31.7. The Morgan fingerprint density at radius 1 is 0.378 bits per heavy atom. The number of hydrogen-bond donors (Lipinski definition) is 4. The van der Waals surface area contributed by atoms with E-state index in [-0.39, 0.29) is 0 Å². The highest BCUT2D eigenvalue weighted by Gasteiger charge is 2.62. The van der Waals surface area contributed by atoms with Crippen LogP contribution in [0.5, 0.6) is 0 Å². The zero-order valence-electron chi connectivity index (χ0n) is 73.1. The number of methoxy groups -OCH3 is 1. The summed E-state index contributed by atoms with van der Waals surface area (Å²) in [4.78, 5) is 7.11. The Bertz CT molecular complexity index is 4510. The second kappa shape index (κ2) is 33.0. The highest BCUT2D eigenvalue weighted by molar-refractivity contribution is 5.32. The number of alkyl halides is 1. The second-order valence-corrected chi connectivity index (χ2v) is 43.7. The second-order valence-electron chi connectivity index (χ2n) is 43.7. The van der Waals surface area contributed by atoms with Gasteiger partial charge in [0.15, 0.2) is 0 Å². The molecule has 13 fully saturated rings. The SMILES string of the molecule is C=C(Cn1nccn1)[C@H]1CC[C@H]2[C@@H]3CC=C4C[C@@](C)(O)CC[C@@H]4[C@H]3CC[C@]12C.C=C(Cn1nccn1)[C@H]1CC[C@H]2[C@@H]3CC=C4C[C@](O)(C#CC5CC5)CC[C@@H]4[C@H]3CC[C@]12C.C=C(Cn1nccn1)[C@H]1CC[C@H]2[C@@H]3CC=C4C[C@](O)(CF)CC[C@@H]4[C@H]3CC[C@]12C.C=C(Cn1nccn1)[C@H]1CC[C@H]2[C@@H]3CC=C4C[C@](O)(COC)CC[C@@H]4[C@H]3CC[C@]12C. The molecule has 0 bridgehead atoms. The standard InChI is InChI=1S/C28H37N3O.C25H37N3O2.C24H34FN3O.C24H35N3O/c1-19(18-31-29-15-16-30-31)25-7-8-26-24-6-5-21-17-28(32,13-9-20-3-4-20)14-11-22(21)23(24)10-12-27(25,26)2;1-17(15-28-26-12-13-27-28)22-6-7-23-21-5-4-18-14-25(29,16-30-3)11-9-19(18)20(21)8-10-24(22,23)2;1-16(14-28-26-11-12-27-28)21-5-6-22-20-4-3-17-13-24(29,15-25)10-8-18(17)19(20)7-9-23(21,22)2;1-16(15-27-25-12-13-26-27)21-6-7-22-20-5-4-17-14-23(2,28)10-8-18(17)19(20)9-11-24(21,22)3/h5,15-16,20,22-26,32H,1,3-4,6-8,10-12,14,17-18H2,2H3;4,12-13,19-23,29H,1,5-11,14-16H2,2-3H3;3,11-12,18-22,29H,1,4-10,13-15H2,2H3;4,12-13,18-22,28H,1,5-11,14-15H2,2-3H3/t22-,23+,24+,25+,26-,27+,28-;19-,20+,21+,22+,23-,24+,25-;18-,19+,20+,21+,22-,23+,24-;18-,19+,20+,21+,22-,23-,24+/m0000/s1. The summed E-state index contributed by atoms with van der Waals surface area (Å²) in [5.74, 6) is 21.6. The predicted molar refractivity (Wildman–Crippen MR) is 463 cm³/mol. The fourth-order valence-corrected chi connectivity index (χ4v) is 31.7. The molecule has 4 heterocycles. The van der Waals surface area contributed by atoms with Gasteiger partial charge in [0.05, 0.1) is 99.2 Å². The number of nitrogens with zero attached hydrogens (tertiary/aromatic N) is 12. The number of aliphatic hydroxyl groups is 4. The molecule has 0 spiro atoms. The monoisotopic (exact) mass is 1620 g/mol. The quantitative estimate of drug-likeness (QED) is 0.0645. The van der Waals surface area contributed by atoms with Crippen LogP contribution >= 0.6 is 0 Å². The van der Waals surface area contributed by atoms with Crippen molar-refractivity contribution in [1.82, 2.24) is 60.0 Å². The first-order valence-electron chi connectivity index (χ1n) is 47.5. The van der Waals surface area contributed by atoms with Crippen LogP contribution in [0, 0.1) is 158 Å². The van der Waals surface area contributed by atoms with Gasteiger partial charge in [-0.15, -0.1) is 0 Å². The van der Waals surface area contributed by atoms with Gasteiger partial charge in [-0.2, -0.15) is 60.0 Å².